The summed E-state index contributed by atoms with van der Waals surface area (Å²) in [5.41, 5.74) is 1.11. The first-order valence-electron chi connectivity index (χ1n) is 9.84. The molecule has 142 valence electrons. The maximum absolute atomic E-state index is 12.5. The van der Waals surface area contributed by atoms with Gasteiger partial charge in [0.1, 0.15) is 0 Å². The highest BCUT2D eigenvalue weighted by Crippen LogP contribution is 2.24. The van der Waals surface area contributed by atoms with Crippen LogP contribution in [-0.4, -0.2) is 54.5 Å². The molecule has 2 aliphatic rings. The number of benzene rings is 1. The van der Waals surface area contributed by atoms with Gasteiger partial charge < -0.3 is 15.1 Å². The SMILES string of the molecule is CC(C)(CNC(=O)N1CCC(C(=O)N2CCCC2)CC1)c1ccccc1. The molecule has 2 saturated heterocycles. The average molecular weight is 357 g/mol. The topological polar surface area (TPSA) is 52.7 Å². The van der Waals surface area contributed by atoms with E-state index in [1.54, 1.807) is 0 Å². The third kappa shape index (κ3) is 4.37. The van der Waals surface area contributed by atoms with Gasteiger partial charge >= 0.3 is 6.03 Å². The number of carbonyl (C=O) groups excluding carboxylic acids is 2. The van der Waals surface area contributed by atoms with Gasteiger partial charge in [-0.3, -0.25) is 4.79 Å². The number of likely N-dealkylation sites (tertiary alicyclic amines) is 2. The Balaban J connectivity index is 1.45. The minimum Gasteiger partial charge on any atom is -0.342 e. The van der Waals surface area contributed by atoms with Crippen molar-refractivity contribution in [3.63, 3.8) is 0 Å². The fourth-order valence-electron chi connectivity index (χ4n) is 3.93. The highest BCUT2D eigenvalue weighted by Gasteiger charge is 2.31. The number of hydrogen-bond acceptors (Lipinski definition) is 2. The third-order valence-electron chi connectivity index (χ3n) is 5.79. The smallest absolute Gasteiger partial charge is 0.317 e. The number of hydrogen-bond donors (Lipinski definition) is 1. The summed E-state index contributed by atoms with van der Waals surface area (Å²) in [5, 5.41) is 3.08. The van der Waals surface area contributed by atoms with Crippen molar-refractivity contribution in [2.75, 3.05) is 32.7 Å². The number of nitrogens with one attached hydrogen (secondary N) is 1. The standard InChI is InChI=1S/C21H31N3O2/c1-21(2,18-8-4-3-5-9-18)16-22-20(26)24-14-10-17(11-15-24)19(25)23-12-6-7-13-23/h3-5,8-9,17H,6-7,10-16H2,1-2H3,(H,22,26). The zero-order chi connectivity index (χ0) is 18.6. The Morgan fingerprint density at radius 3 is 2.23 bits per heavy atom. The van der Waals surface area contributed by atoms with E-state index in [0.717, 1.165) is 38.8 Å². The lowest BCUT2D eigenvalue weighted by Crippen LogP contribution is -2.49. The van der Waals surface area contributed by atoms with E-state index in [0.29, 0.717) is 25.5 Å². The molecule has 26 heavy (non-hydrogen) atoms. The fraction of sp³-hybridized carbons (Fsp3) is 0.619. The molecule has 0 saturated carbocycles. The Morgan fingerprint density at radius 1 is 1.00 bits per heavy atom. The summed E-state index contributed by atoms with van der Waals surface area (Å²) in [7, 11) is 0. The molecule has 1 aromatic rings. The summed E-state index contributed by atoms with van der Waals surface area (Å²) in [4.78, 5) is 28.9. The quantitative estimate of drug-likeness (QED) is 0.901. The summed E-state index contributed by atoms with van der Waals surface area (Å²) in [5.74, 6) is 0.394. The van der Waals surface area contributed by atoms with Crippen LogP contribution in [0.4, 0.5) is 4.79 Å². The number of amides is 3. The first-order chi connectivity index (χ1) is 12.5. The Hall–Kier alpha value is -2.04. The Bertz CT molecular complexity index is 615. The van der Waals surface area contributed by atoms with Crippen LogP contribution in [0.5, 0.6) is 0 Å². The summed E-state index contributed by atoms with van der Waals surface area (Å²) in [6, 6.07) is 10.2. The molecular formula is C21H31N3O2. The largest absolute Gasteiger partial charge is 0.342 e. The summed E-state index contributed by atoms with van der Waals surface area (Å²) in [6.07, 6.45) is 3.82. The molecule has 5 heteroatoms. The van der Waals surface area contributed by atoms with Gasteiger partial charge in [-0.05, 0) is 31.2 Å². The van der Waals surface area contributed by atoms with Crippen molar-refractivity contribution >= 4 is 11.9 Å². The predicted octanol–water partition coefficient (Wildman–Crippen LogP) is 3.01. The second-order valence-corrected chi connectivity index (χ2v) is 8.20. The highest BCUT2D eigenvalue weighted by molar-refractivity contribution is 5.80. The molecule has 2 aliphatic heterocycles. The third-order valence-corrected chi connectivity index (χ3v) is 5.79. The molecule has 5 nitrogen and oxygen atoms in total. The maximum Gasteiger partial charge on any atom is 0.317 e. The summed E-state index contributed by atoms with van der Waals surface area (Å²) < 4.78 is 0. The molecule has 0 atom stereocenters. The molecule has 1 N–H and O–H groups in total. The van der Waals surface area contributed by atoms with E-state index >= 15 is 0 Å². The van der Waals surface area contributed by atoms with E-state index in [1.165, 1.54) is 5.56 Å². The van der Waals surface area contributed by atoms with Crippen molar-refractivity contribution in [3.8, 4) is 0 Å². The zero-order valence-electron chi connectivity index (χ0n) is 16.0. The lowest BCUT2D eigenvalue weighted by Gasteiger charge is -2.34. The molecule has 0 spiro atoms. The van der Waals surface area contributed by atoms with Gasteiger partial charge in [-0.15, -0.1) is 0 Å². The fourth-order valence-corrected chi connectivity index (χ4v) is 3.93. The van der Waals surface area contributed by atoms with Crippen LogP contribution in [-0.2, 0) is 10.2 Å². The van der Waals surface area contributed by atoms with Gasteiger partial charge in [0, 0.05) is 44.1 Å². The van der Waals surface area contributed by atoms with Crippen molar-refractivity contribution in [1.29, 1.82) is 0 Å². The number of piperidine rings is 1. The van der Waals surface area contributed by atoms with Crippen LogP contribution in [0.1, 0.15) is 45.1 Å². The van der Waals surface area contributed by atoms with Crippen LogP contribution >= 0.6 is 0 Å². The second-order valence-electron chi connectivity index (χ2n) is 8.20. The van der Waals surface area contributed by atoms with E-state index < -0.39 is 0 Å². The van der Waals surface area contributed by atoms with Crippen LogP contribution in [0.3, 0.4) is 0 Å². The van der Waals surface area contributed by atoms with E-state index in [4.69, 9.17) is 0 Å². The first-order valence-corrected chi connectivity index (χ1v) is 9.84. The van der Waals surface area contributed by atoms with Crippen molar-refractivity contribution < 1.29 is 9.59 Å². The number of urea groups is 1. The highest BCUT2D eigenvalue weighted by atomic mass is 16.2. The van der Waals surface area contributed by atoms with Gasteiger partial charge in [0.15, 0.2) is 0 Å². The van der Waals surface area contributed by atoms with Gasteiger partial charge in [0.2, 0.25) is 5.91 Å². The van der Waals surface area contributed by atoms with Crippen molar-refractivity contribution in [3.05, 3.63) is 35.9 Å². The zero-order valence-corrected chi connectivity index (χ0v) is 16.0. The van der Waals surface area contributed by atoms with E-state index in [2.05, 4.69) is 31.3 Å². The van der Waals surface area contributed by atoms with Crippen LogP contribution in [0.15, 0.2) is 30.3 Å². The molecule has 1 aromatic carbocycles. The van der Waals surface area contributed by atoms with Gasteiger partial charge in [-0.2, -0.15) is 0 Å². The van der Waals surface area contributed by atoms with E-state index in [1.807, 2.05) is 28.0 Å². The molecule has 0 radical (unpaired) electrons. The number of carbonyl (C=O) groups is 2. The molecule has 0 unspecified atom stereocenters. The molecule has 2 heterocycles. The van der Waals surface area contributed by atoms with Crippen molar-refractivity contribution in [1.82, 2.24) is 15.1 Å². The predicted molar refractivity (Wildman–Crippen MR) is 103 cm³/mol. The van der Waals surface area contributed by atoms with E-state index in [-0.39, 0.29) is 17.4 Å². The monoisotopic (exact) mass is 357 g/mol. The Morgan fingerprint density at radius 2 is 1.62 bits per heavy atom. The lowest BCUT2D eigenvalue weighted by molar-refractivity contribution is -0.135. The van der Waals surface area contributed by atoms with Gasteiger partial charge in [0.25, 0.3) is 0 Å². The Labute approximate surface area is 156 Å². The number of rotatable bonds is 4. The van der Waals surface area contributed by atoms with Gasteiger partial charge in [-0.1, -0.05) is 44.2 Å². The minimum absolute atomic E-state index is 0.0129. The van der Waals surface area contributed by atoms with Crippen molar-refractivity contribution in [2.24, 2.45) is 5.92 Å². The molecule has 0 aliphatic carbocycles. The molecule has 0 bridgehead atoms. The van der Waals surface area contributed by atoms with Gasteiger partial charge in [0.05, 0.1) is 0 Å². The van der Waals surface area contributed by atoms with Crippen LogP contribution in [0, 0.1) is 5.92 Å². The average Bonchev–Trinajstić information content (AvgIpc) is 3.21. The van der Waals surface area contributed by atoms with Crippen LogP contribution in [0.25, 0.3) is 0 Å². The maximum atomic E-state index is 12.5. The molecule has 0 aromatic heterocycles. The molecule has 3 amide bonds. The Kier molecular flexibility index (Phi) is 5.84. The second kappa shape index (κ2) is 8.11. The lowest BCUT2D eigenvalue weighted by atomic mass is 9.85. The normalized spacial score (nSPS) is 18.8. The van der Waals surface area contributed by atoms with Crippen LogP contribution in [0.2, 0.25) is 0 Å². The number of nitrogens with zero attached hydrogens (tertiary/aromatic N) is 2. The van der Waals surface area contributed by atoms with Gasteiger partial charge in [-0.25, -0.2) is 4.79 Å². The van der Waals surface area contributed by atoms with E-state index in [9.17, 15) is 9.59 Å². The van der Waals surface area contributed by atoms with Crippen molar-refractivity contribution in [2.45, 2.75) is 44.9 Å². The molecule has 3 rings (SSSR count). The summed E-state index contributed by atoms with van der Waals surface area (Å²) in [6.45, 7) is 8.04. The molecule has 2 fully saturated rings. The van der Waals surface area contributed by atoms with Crippen LogP contribution < -0.4 is 5.32 Å². The minimum atomic E-state index is -0.110. The summed E-state index contributed by atoms with van der Waals surface area (Å²) >= 11 is 0. The first kappa shape index (κ1) is 18.7. The molecular weight excluding hydrogens is 326 g/mol.